The second-order valence-corrected chi connectivity index (χ2v) is 4.88. The van der Waals surface area contributed by atoms with Crippen LogP contribution in [-0.2, 0) is 15.3 Å². The molecule has 0 bridgehead atoms. The molecule has 0 unspecified atom stereocenters. The summed E-state index contributed by atoms with van der Waals surface area (Å²) in [5, 5.41) is 0.985. The van der Waals surface area contributed by atoms with E-state index < -0.39 is 0 Å². The Balaban J connectivity index is 2.35. The van der Waals surface area contributed by atoms with Gasteiger partial charge in [0.05, 0.1) is 13.5 Å². The summed E-state index contributed by atoms with van der Waals surface area (Å²) < 4.78 is 4.53. The molecule has 0 spiro atoms. The molecule has 1 aromatic rings. The quantitative estimate of drug-likeness (QED) is 0.472. The smallest absolute Gasteiger partial charge is 0.306 e. The summed E-state index contributed by atoms with van der Waals surface area (Å²) in [4.78, 5) is 14.8. The van der Waals surface area contributed by atoms with E-state index in [1.165, 1.54) is 7.11 Å². The van der Waals surface area contributed by atoms with Crippen molar-refractivity contribution in [2.45, 2.75) is 12.2 Å². The zero-order valence-corrected chi connectivity index (χ0v) is 11.0. The molecule has 1 aromatic heterocycles. The van der Waals surface area contributed by atoms with Crippen molar-refractivity contribution < 1.29 is 9.53 Å². The van der Waals surface area contributed by atoms with Gasteiger partial charge in [-0.2, -0.15) is 11.8 Å². The van der Waals surface area contributed by atoms with Gasteiger partial charge < -0.3 is 4.74 Å². The monoisotopic (exact) mass is 279 g/mol. The van der Waals surface area contributed by atoms with Crippen LogP contribution in [0.3, 0.4) is 0 Å². The van der Waals surface area contributed by atoms with E-state index >= 15 is 0 Å². The van der Waals surface area contributed by atoms with Gasteiger partial charge in [-0.15, -0.1) is 0 Å². The lowest BCUT2D eigenvalue weighted by molar-refractivity contribution is -0.140. The molecule has 0 aliphatic heterocycles. The van der Waals surface area contributed by atoms with Crippen LogP contribution >= 0.6 is 35.0 Å². The van der Waals surface area contributed by atoms with Crippen molar-refractivity contribution in [3.05, 3.63) is 28.0 Å². The Morgan fingerprint density at radius 3 is 2.94 bits per heavy atom. The summed E-state index contributed by atoms with van der Waals surface area (Å²) in [5.74, 6) is 1.21. The summed E-state index contributed by atoms with van der Waals surface area (Å²) in [5.41, 5.74) is 0.918. The Hall–Kier alpha value is -0.450. The first-order valence-corrected chi connectivity index (χ1v) is 6.49. The number of carbonyl (C=O) groups is 1. The number of aromatic nitrogens is 1. The van der Waals surface area contributed by atoms with E-state index in [0.717, 1.165) is 5.56 Å². The number of thioether (sulfide) groups is 1. The Bertz CT molecular complexity index is 374. The van der Waals surface area contributed by atoms with E-state index in [9.17, 15) is 4.79 Å². The maximum atomic E-state index is 10.8. The molecule has 1 rings (SSSR count). The van der Waals surface area contributed by atoms with Crippen molar-refractivity contribution in [3.63, 3.8) is 0 Å². The van der Waals surface area contributed by atoms with Gasteiger partial charge in [-0.05, 0) is 11.6 Å². The predicted octanol–water partition coefficient (Wildman–Crippen LogP) is 3.18. The number of hydrogen-bond acceptors (Lipinski definition) is 4. The van der Waals surface area contributed by atoms with Crippen LogP contribution in [0.1, 0.15) is 12.0 Å². The summed E-state index contributed by atoms with van der Waals surface area (Å²) in [7, 11) is 1.38. The molecule has 6 heteroatoms. The van der Waals surface area contributed by atoms with Crippen LogP contribution in [-0.4, -0.2) is 23.8 Å². The molecular weight excluding hydrogens is 269 g/mol. The average molecular weight is 280 g/mol. The number of rotatable bonds is 5. The first-order valence-electron chi connectivity index (χ1n) is 4.58. The van der Waals surface area contributed by atoms with Crippen molar-refractivity contribution >= 4 is 40.9 Å². The van der Waals surface area contributed by atoms with Gasteiger partial charge in [-0.1, -0.05) is 23.2 Å². The maximum absolute atomic E-state index is 10.8. The molecule has 0 aromatic carbocycles. The van der Waals surface area contributed by atoms with E-state index in [2.05, 4.69) is 9.72 Å². The number of methoxy groups -OCH3 is 1. The first-order chi connectivity index (χ1) is 7.63. The van der Waals surface area contributed by atoms with Crippen LogP contribution in [0, 0.1) is 0 Å². The number of nitrogens with zero attached hydrogens (tertiary/aromatic N) is 1. The number of halogens is 2. The van der Waals surface area contributed by atoms with Crippen molar-refractivity contribution in [2.24, 2.45) is 0 Å². The van der Waals surface area contributed by atoms with E-state index in [1.54, 1.807) is 24.0 Å². The second-order valence-electron chi connectivity index (χ2n) is 2.98. The SMILES string of the molecule is COC(=O)CCSCc1cnc(Cl)cc1Cl. The third-order valence-corrected chi connectivity index (χ3v) is 3.40. The van der Waals surface area contributed by atoms with E-state index in [1.807, 2.05) is 0 Å². The molecule has 3 nitrogen and oxygen atoms in total. The normalized spacial score (nSPS) is 10.2. The topological polar surface area (TPSA) is 39.2 Å². The Kier molecular flexibility index (Phi) is 5.95. The standard InChI is InChI=1S/C10H11Cl2NO2S/c1-15-10(14)2-3-16-6-7-5-13-9(12)4-8(7)11/h4-5H,2-3,6H2,1H3. The number of hydrogen-bond donors (Lipinski definition) is 0. The van der Waals surface area contributed by atoms with Gasteiger partial charge in [0.1, 0.15) is 5.15 Å². The van der Waals surface area contributed by atoms with Crippen molar-refractivity contribution in [2.75, 3.05) is 12.9 Å². The molecule has 0 aliphatic carbocycles. The summed E-state index contributed by atoms with van der Waals surface area (Å²) in [6.45, 7) is 0. The van der Waals surface area contributed by atoms with Crippen molar-refractivity contribution in [1.29, 1.82) is 0 Å². The third-order valence-electron chi connectivity index (χ3n) is 1.83. The minimum absolute atomic E-state index is 0.201. The molecule has 0 saturated carbocycles. The van der Waals surface area contributed by atoms with E-state index in [-0.39, 0.29) is 5.97 Å². The van der Waals surface area contributed by atoms with Crippen LogP contribution < -0.4 is 0 Å². The summed E-state index contributed by atoms with van der Waals surface area (Å²) >= 11 is 13.2. The average Bonchev–Trinajstić information content (AvgIpc) is 2.26. The molecule has 0 amide bonds. The molecular formula is C10H11Cl2NO2S. The lowest BCUT2D eigenvalue weighted by atomic mass is 10.3. The summed E-state index contributed by atoms with van der Waals surface area (Å²) in [6, 6.07) is 1.61. The van der Waals surface area contributed by atoms with Gasteiger partial charge in [-0.25, -0.2) is 4.98 Å². The zero-order chi connectivity index (χ0) is 12.0. The molecule has 0 N–H and O–H groups in total. The fourth-order valence-electron chi connectivity index (χ4n) is 0.982. The highest BCUT2D eigenvalue weighted by Gasteiger charge is 2.04. The fourth-order valence-corrected chi connectivity index (χ4v) is 2.40. The van der Waals surface area contributed by atoms with Crippen molar-refractivity contribution in [3.8, 4) is 0 Å². The number of pyridine rings is 1. The number of esters is 1. The molecule has 88 valence electrons. The predicted molar refractivity (Wildman–Crippen MR) is 67.1 cm³/mol. The van der Waals surface area contributed by atoms with Gasteiger partial charge >= 0.3 is 5.97 Å². The Morgan fingerprint density at radius 2 is 2.31 bits per heavy atom. The largest absolute Gasteiger partial charge is 0.469 e. The highest BCUT2D eigenvalue weighted by Crippen LogP contribution is 2.23. The molecule has 1 heterocycles. The number of carbonyl (C=O) groups excluding carboxylic acids is 1. The Labute approximate surface area is 108 Å². The van der Waals surface area contributed by atoms with Gasteiger partial charge in [0.15, 0.2) is 0 Å². The molecule has 0 aliphatic rings. The molecule has 0 radical (unpaired) electrons. The third kappa shape index (κ3) is 4.60. The highest BCUT2D eigenvalue weighted by atomic mass is 35.5. The lowest BCUT2D eigenvalue weighted by Crippen LogP contribution is -2.01. The lowest BCUT2D eigenvalue weighted by Gasteiger charge is -2.03. The van der Waals surface area contributed by atoms with Crippen LogP contribution in [0.2, 0.25) is 10.2 Å². The second kappa shape index (κ2) is 6.99. The first kappa shape index (κ1) is 13.6. The zero-order valence-electron chi connectivity index (χ0n) is 8.70. The van der Waals surface area contributed by atoms with E-state index in [4.69, 9.17) is 23.2 Å². The minimum Gasteiger partial charge on any atom is -0.469 e. The summed E-state index contributed by atoms with van der Waals surface area (Å²) in [6.07, 6.45) is 2.05. The van der Waals surface area contributed by atoms with Crippen LogP contribution in [0.25, 0.3) is 0 Å². The molecule has 0 saturated heterocycles. The number of ether oxygens (including phenoxy) is 1. The molecule has 16 heavy (non-hydrogen) atoms. The van der Waals surface area contributed by atoms with Crippen LogP contribution in [0.5, 0.6) is 0 Å². The van der Waals surface area contributed by atoms with Gasteiger partial charge in [-0.3, -0.25) is 4.79 Å². The van der Waals surface area contributed by atoms with Crippen LogP contribution in [0.15, 0.2) is 12.3 Å². The fraction of sp³-hybridized carbons (Fsp3) is 0.400. The van der Waals surface area contributed by atoms with Gasteiger partial charge in [0, 0.05) is 22.7 Å². The molecule has 0 fully saturated rings. The minimum atomic E-state index is -0.201. The van der Waals surface area contributed by atoms with Crippen molar-refractivity contribution in [1.82, 2.24) is 4.98 Å². The highest BCUT2D eigenvalue weighted by molar-refractivity contribution is 7.98. The Morgan fingerprint density at radius 1 is 1.56 bits per heavy atom. The molecule has 0 atom stereocenters. The van der Waals surface area contributed by atoms with Gasteiger partial charge in [0.25, 0.3) is 0 Å². The van der Waals surface area contributed by atoms with E-state index in [0.29, 0.717) is 28.1 Å². The maximum Gasteiger partial charge on any atom is 0.306 e. The van der Waals surface area contributed by atoms with Crippen LogP contribution in [0.4, 0.5) is 0 Å². The van der Waals surface area contributed by atoms with Gasteiger partial charge in [0.2, 0.25) is 0 Å².